The van der Waals surface area contributed by atoms with Crippen LogP contribution in [0.4, 0.5) is 4.79 Å². The van der Waals surface area contributed by atoms with Gasteiger partial charge in [-0.15, -0.1) is 23.1 Å². The zero-order valence-electron chi connectivity index (χ0n) is 21.7. The molecule has 1 aliphatic rings. The van der Waals surface area contributed by atoms with E-state index in [4.69, 9.17) is 4.74 Å². The van der Waals surface area contributed by atoms with Crippen molar-refractivity contribution in [1.82, 2.24) is 20.5 Å². The first-order valence-corrected chi connectivity index (χ1v) is 14.2. The quantitative estimate of drug-likeness (QED) is 0.364. The van der Waals surface area contributed by atoms with Crippen LogP contribution >= 0.6 is 23.1 Å². The monoisotopic (exact) mass is 546 g/mol. The highest BCUT2D eigenvalue weighted by atomic mass is 32.2. The number of nitrogens with one attached hydrogen (secondary N) is 2. The van der Waals surface area contributed by atoms with Crippen molar-refractivity contribution < 1.29 is 23.9 Å². The summed E-state index contributed by atoms with van der Waals surface area (Å²) in [6.07, 6.45) is 0.457. The van der Waals surface area contributed by atoms with Crippen molar-refractivity contribution in [3.05, 3.63) is 52.5 Å². The van der Waals surface area contributed by atoms with E-state index in [1.54, 1.807) is 26.2 Å². The number of carbonyl (C=O) groups excluding carboxylic acids is 4. The Labute approximate surface area is 225 Å². The molecular weight excluding hydrogens is 512 g/mol. The van der Waals surface area contributed by atoms with E-state index < -0.39 is 35.7 Å². The Bertz CT molecular complexity index is 1090. The van der Waals surface area contributed by atoms with Crippen molar-refractivity contribution in [3.63, 3.8) is 0 Å². The molecule has 3 atom stereocenters. The molecule has 2 aromatic rings. The summed E-state index contributed by atoms with van der Waals surface area (Å²) in [5, 5.41) is 7.56. The molecule has 0 aliphatic carbocycles. The van der Waals surface area contributed by atoms with Gasteiger partial charge in [0.15, 0.2) is 5.01 Å². The van der Waals surface area contributed by atoms with Gasteiger partial charge in [-0.05, 0) is 38.7 Å². The summed E-state index contributed by atoms with van der Waals surface area (Å²) in [6, 6.07) is 8.49. The van der Waals surface area contributed by atoms with E-state index in [0.29, 0.717) is 11.6 Å². The van der Waals surface area contributed by atoms with Crippen LogP contribution in [0.3, 0.4) is 0 Å². The molecule has 200 valence electrons. The van der Waals surface area contributed by atoms with Gasteiger partial charge in [0.2, 0.25) is 17.6 Å². The molecule has 0 unspecified atom stereocenters. The lowest BCUT2D eigenvalue weighted by atomic mass is 9.94. The third-order valence-corrected chi connectivity index (χ3v) is 7.44. The molecule has 2 heterocycles. The van der Waals surface area contributed by atoms with Crippen molar-refractivity contribution >= 4 is 46.8 Å². The van der Waals surface area contributed by atoms with Gasteiger partial charge in [-0.1, -0.05) is 44.2 Å². The summed E-state index contributed by atoms with van der Waals surface area (Å²) in [7, 11) is 0. The molecule has 37 heavy (non-hydrogen) atoms. The number of carbonyl (C=O) groups is 4. The van der Waals surface area contributed by atoms with Crippen LogP contribution < -0.4 is 10.6 Å². The maximum Gasteiger partial charge on any atom is 0.408 e. The third-order valence-electron chi connectivity index (χ3n) is 5.64. The molecule has 0 spiro atoms. The highest BCUT2D eigenvalue weighted by molar-refractivity contribution is 7.99. The van der Waals surface area contributed by atoms with Gasteiger partial charge in [-0.2, -0.15) is 0 Å². The summed E-state index contributed by atoms with van der Waals surface area (Å²) in [5.74, 6) is -1.51. The van der Waals surface area contributed by atoms with Gasteiger partial charge in [0, 0.05) is 17.3 Å². The van der Waals surface area contributed by atoms with E-state index >= 15 is 0 Å². The second-order valence-corrected chi connectivity index (χ2v) is 12.0. The van der Waals surface area contributed by atoms with Crippen LogP contribution in [0.2, 0.25) is 0 Å². The minimum atomic E-state index is -0.989. The van der Waals surface area contributed by atoms with Gasteiger partial charge >= 0.3 is 6.09 Å². The summed E-state index contributed by atoms with van der Waals surface area (Å²) < 4.78 is 5.33. The Morgan fingerprint density at radius 3 is 2.46 bits per heavy atom. The number of hydrogen-bond acceptors (Lipinski definition) is 8. The van der Waals surface area contributed by atoms with Crippen LogP contribution in [0.15, 0.2) is 41.9 Å². The van der Waals surface area contributed by atoms with E-state index in [0.717, 1.165) is 5.56 Å². The van der Waals surface area contributed by atoms with E-state index in [1.807, 2.05) is 44.2 Å². The molecule has 11 heteroatoms. The van der Waals surface area contributed by atoms with Gasteiger partial charge in [0.25, 0.3) is 0 Å². The molecule has 1 fully saturated rings. The van der Waals surface area contributed by atoms with E-state index in [9.17, 15) is 19.2 Å². The summed E-state index contributed by atoms with van der Waals surface area (Å²) >= 11 is 2.68. The molecule has 9 nitrogen and oxygen atoms in total. The SMILES string of the molecule is CC(C)[C@H](NC(=O)OC(C)(C)C)C(=O)N1CSC[C@@H]1NC(=O)[C@@H](Cc1ccccc1)C(=O)c1nccs1. The van der Waals surface area contributed by atoms with Crippen LogP contribution in [0, 0.1) is 11.8 Å². The fraction of sp³-hybridized carbons (Fsp3) is 0.500. The largest absolute Gasteiger partial charge is 0.444 e. The van der Waals surface area contributed by atoms with Crippen LogP contribution in [0.5, 0.6) is 0 Å². The highest BCUT2D eigenvalue weighted by Gasteiger charge is 2.39. The predicted molar refractivity (Wildman–Crippen MR) is 144 cm³/mol. The Balaban J connectivity index is 1.75. The smallest absolute Gasteiger partial charge is 0.408 e. The first kappa shape index (κ1) is 28.6. The van der Waals surface area contributed by atoms with Crippen LogP contribution in [0.1, 0.15) is 50.0 Å². The predicted octanol–water partition coefficient (Wildman–Crippen LogP) is 3.71. The number of alkyl carbamates (subject to hydrolysis) is 1. The molecule has 0 bridgehead atoms. The number of ketones is 1. The molecule has 1 saturated heterocycles. The van der Waals surface area contributed by atoms with Crippen molar-refractivity contribution in [3.8, 4) is 0 Å². The minimum Gasteiger partial charge on any atom is -0.444 e. The zero-order chi connectivity index (χ0) is 27.2. The van der Waals surface area contributed by atoms with Crippen molar-refractivity contribution in [2.24, 2.45) is 11.8 Å². The molecule has 0 saturated carbocycles. The van der Waals surface area contributed by atoms with E-state index in [-0.39, 0.29) is 29.0 Å². The fourth-order valence-corrected chi connectivity index (χ4v) is 5.55. The number of thiazole rings is 1. The van der Waals surface area contributed by atoms with Crippen LogP contribution in [0.25, 0.3) is 0 Å². The third kappa shape index (κ3) is 8.03. The first-order chi connectivity index (χ1) is 17.5. The Morgan fingerprint density at radius 1 is 1.16 bits per heavy atom. The Hall–Kier alpha value is -2.92. The lowest BCUT2D eigenvalue weighted by Gasteiger charge is -2.32. The number of Topliss-reactive ketones (excluding diaryl/α,β-unsaturated/α-hetero) is 1. The van der Waals surface area contributed by atoms with Gasteiger partial charge in [0.1, 0.15) is 23.7 Å². The Morgan fingerprint density at radius 2 is 1.86 bits per heavy atom. The standard InChI is InChI=1S/C26H34N4O5S2/c1-16(2)20(29-25(34)35-26(3,4)5)24(33)30-15-36-14-19(30)28-22(32)18(13-17-9-7-6-8-10-17)21(31)23-27-11-12-37-23/h6-12,16,18-20H,13-15H2,1-5H3,(H,28,32)(H,29,34)/t18-,19+,20-/m0/s1. The van der Waals surface area contributed by atoms with Crippen molar-refractivity contribution in [2.75, 3.05) is 11.6 Å². The van der Waals surface area contributed by atoms with Crippen molar-refractivity contribution in [2.45, 2.75) is 58.8 Å². The van der Waals surface area contributed by atoms with Crippen LogP contribution in [-0.4, -0.2) is 63.0 Å². The number of hydrogen-bond donors (Lipinski definition) is 2. The first-order valence-electron chi connectivity index (χ1n) is 12.1. The van der Waals surface area contributed by atoms with Gasteiger partial charge in [-0.25, -0.2) is 9.78 Å². The van der Waals surface area contributed by atoms with E-state index in [1.165, 1.54) is 34.2 Å². The summed E-state index contributed by atoms with van der Waals surface area (Å²) in [6.45, 7) is 8.92. The number of benzene rings is 1. The lowest BCUT2D eigenvalue weighted by molar-refractivity contribution is -0.137. The van der Waals surface area contributed by atoms with Gasteiger partial charge in [-0.3, -0.25) is 14.4 Å². The zero-order valence-corrected chi connectivity index (χ0v) is 23.4. The molecule has 0 radical (unpaired) electrons. The average Bonchev–Trinajstić information content (AvgIpc) is 3.52. The average molecular weight is 547 g/mol. The second-order valence-electron chi connectivity index (χ2n) is 10.1. The number of rotatable bonds is 9. The molecule has 1 aliphatic heterocycles. The van der Waals surface area contributed by atoms with Crippen LogP contribution in [-0.2, 0) is 20.7 Å². The highest BCUT2D eigenvalue weighted by Crippen LogP contribution is 2.24. The number of ether oxygens (including phenoxy) is 1. The summed E-state index contributed by atoms with van der Waals surface area (Å²) in [5.41, 5.74) is 0.148. The van der Waals surface area contributed by atoms with Gasteiger partial charge in [0.05, 0.1) is 5.88 Å². The number of nitrogens with zero attached hydrogens (tertiary/aromatic N) is 2. The van der Waals surface area contributed by atoms with Crippen molar-refractivity contribution in [1.29, 1.82) is 0 Å². The normalized spacial score (nSPS) is 17.2. The Kier molecular flexibility index (Phi) is 9.72. The van der Waals surface area contributed by atoms with E-state index in [2.05, 4.69) is 15.6 Å². The molecule has 3 rings (SSSR count). The molecule has 3 amide bonds. The molecule has 1 aromatic heterocycles. The topological polar surface area (TPSA) is 118 Å². The van der Waals surface area contributed by atoms with Gasteiger partial charge < -0.3 is 20.3 Å². The number of aromatic nitrogens is 1. The maximum atomic E-state index is 13.5. The molecular formula is C26H34N4O5S2. The number of thioether (sulfide) groups is 1. The second kappa shape index (κ2) is 12.6. The molecule has 1 aromatic carbocycles. The summed E-state index contributed by atoms with van der Waals surface area (Å²) in [4.78, 5) is 58.2. The minimum absolute atomic E-state index is 0.209. The maximum absolute atomic E-state index is 13.5. The number of amides is 3. The fourth-order valence-electron chi connectivity index (χ4n) is 3.82. The lowest BCUT2D eigenvalue weighted by Crippen LogP contribution is -2.57. The molecule has 2 N–H and O–H groups in total.